The highest BCUT2D eigenvalue weighted by atomic mass is 32.1. The number of ether oxygens (including phenoxy) is 1. The van der Waals surface area contributed by atoms with Gasteiger partial charge in [0, 0.05) is 5.56 Å². The summed E-state index contributed by atoms with van der Waals surface area (Å²) in [7, 11) is 1.63. The van der Waals surface area contributed by atoms with Crippen LogP contribution in [-0.2, 0) is 0 Å². The van der Waals surface area contributed by atoms with Crippen LogP contribution < -0.4 is 9.75 Å². The van der Waals surface area contributed by atoms with Crippen LogP contribution in [0, 0.1) is 20.8 Å². The lowest BCUT2D eigenvalue weighted by Crippen LogP contribution is -2.25. The molecule has 0 aliphatic carbocycles. The number of hydrogen-bond acceptors (Lipinski definition) is 5. The van der Waals surface area contributed by atoms with Crippen molar-refractivity contribution < 1.29 is 9.53 Å². The van der Waals surface area contributed by atoms with Gasteiger partial charge in [-0.3, -0.25) is 4.79 Å². The molecule has 6 heteroatoms. The van der Waals surface area contributed by atoms with Crippen LogP contribution in [0.25, 0.3) is 10.2 Å². The predicted molar refractivity (Wildman–Crippen MR) is 128 cm³/mol. The Morgan fingerprint density at radius 3 is 2.48 bits per heavy atom. The first-order valence-electron chi connectivity index (χ1n) is 9.91. The number of fused-ring (bicyclic) bond motifs is 1. The smallest absolute Gasteiger partial charge is 0.280 e. The Morgan fingerprint density at radius 1 is 1.00 bits per heavy atom. The number of carbonyl (C=O) groups is 1. The van der Waals surface area contributed by atoms with Crippen molar-refractivity contribution in [1.29, 1.82) is 0 Å². The molecule has 0 aliphatic heterocycles. The predicted octanol–water partition coefficient (Wildman–Crippen LogP) is 5.91. The van der Waals surface area contributed by atoms with Crippen LogP contribution in [-0.4, -0.2) is 24.2 Å². The van der Waals surface area contributed by atoms with Crippen molar-refractivity contribution in [2.24, 2.45) is 5.10 Å². The van der Waals surface area contributed by atoms with Gasteiger partial charge in [-0.1, -0.05) is 23.5 Å². The number of aromatic nitrogens is 1. The van der Waals surface area contributed by atoms with Crippen molar-refractivity contribution >= 4 is 38.8 Å². The maximum absolute atomic E-state index is 13.4. The Labute approximate surface area is 185 Å². The number of carbonyl (C=O) groups excluding carboxylic acids is 1. The van der Waals surface area contributed by atoms with Crippen LogP contribution in [0.1, 0.15) is 32.6 Å². The van der Waals surface area contributed by atoms with Gasteiger partial charge >= 0.3 is 0 Å². The third-order valence-corrected chi connectivity index (χ3v) is 6.09. The summed E-state index contributed by atoms with van der Waals surface area (Å²) < 4.78 is 6.23. The van der Waals surface area contributed by atoms with Gasteiger partial charge in [0.15, 0.2) is 0 Å². The minimum absolute atomic E-state index is 0.219. The number of rotatable bonds is 5. The fraction of sp³-hybridized carbons (Fsp3) is 0.160. The highest BCUT2D eigenvalue weighted by molar-refractivity contribution is 7.22. The molecule has 0 bridgehead atoms. The Hall–Kier alpha value is -3.51. The highest BCUT2D eigenvalue weighted by Gasteiger charge is 2.21. The summed E-state index contributed by atoms with van der Waals surface area (Å²) in [5.74, 6) is 0.547. The third kappa shape index (κ3) is 4.49. The van der Waals surface area contributed by atoms with Crippen LogP contribution in [0.15, 0.2) is 65.8 Å². The van der Waals surface area contributed by atoms with Crippen LogP contribution >= 0.6 is 11.3 Å². The molecule has 4 rings (SSSR count). The summed E-state index contributed by atoms with van der Waals surface area (Å²) >= 11 is 1.45. The first-order valence-corrected chi connectivity index (χ1v) is 10.7. The molecule has 156 valence electrons. The molecule has 3 aromatic carbocycles. The largest absolute Gasteiger partial charge is 0.497 e. The molecule has 1 amide bonds. The first-order chi connectivity index (χ1) is 14.9. The number of thiazole rings is 1. The topological polar surface area (TPSA) is 54.8 Å². The van der Waals surface area contributed by atoms with E-state index in [-0.39, 0.29) is 5.91 Å². The van der Waals surface area contributed by atoms with E-state index in [9.17, 15) is 4.79 Å². The maximum Gasteiger partial charge on any atom is 0.280 e. The number of methoxy groups -OCH3 is 1. The van der Waals surface area contributed by atoms with Crippen LogP contribution in [0.4, 0.5) is 5.13 Å². The minimum atomic E-state index is -0.219. The molecule has 1 aromatic heterocycles. The Kier molecular flexibility index (Phi) is 5.82. The Balaban J connectivity index is 1.75. The van der Waals surface area contributed by atoms with Crippen molar-refractivity contribution in [2.75, 3.05) is 12.1 Å². The summed E-state index contributed by atoms with van der Waals surface area (Å²) in [4.78, 5) is 18.1. The van der Waals surface area contributed by atoms with Crippen molar-refractivity contribution in [1.82, 2.24) is 4.98 Å². The Bertz CT molecular complexity index is 1280. The van der Waals surface area contributed by atoms with E-state index >= 15 is 0 Å². The second-order valence-electron chi connectivity index (χ2n) is 7.40. The molecule has 1 heterocycles. The zero-order valence-electron chi connectivity index (χ0n) is 17.9. The second kappa shape index (κ2) is 8.70. The fourth-order valence-corrected chi connectivity index (χ4v) is 4.13. The van der Waals surface area contributed by atoms with E-state index in [0.717, 1.165) is 38.2 Å². The molecule has 0 spiro atoms. The minimum Gasteiger partial charge on any atom is -0.497 e. The molecule has 0 saturated carbocycles. The number of nitrogens with zero attached hydrogens (tertiary/aromatic N) is 3. The molecule has 0 fully saturated rings. The third-order valence-electron chi connectivity index (χ3n) is 5.10. The van der Waals surface area contributed by atoms with Gasteiger partial charge in [-0.2, -0.15) is 10.1 Å². The van der Waals surface area contributed by atoms with E-state index < -0.39 is 0 Å². The Morgan fingerprint density at radius 2 is 1.77 bits per heavy atom. The number of aryl methyl sites for hydroxylation is 3. The summed E-state index contributed by atoms with van der Waals surface area (Å²) in [5, 5.41) is 6.45. The van der Waals surface area contributed by atoms with E-state index in [4.69, 9.17) is 4.74 Å². The van der Waals surface area contributed by atoms with E-state index in [0.29, 0.717) is 10.7 Å². The molecule has 0 unspecified atom stereocenters. The molecule has 0 aliphatic rings. The van der Waals surface area contributed by atoms with Crippen molar-refractivity contribution in [2.45, 2.75) is 20.8 Å². The molecule has 5 nitrogen and oxygen atoms in total. The number of benzene rings is 3. The summed E-state index contributed by atoms with van der Waals surface area (Å²) in [6, 6.07) is 19.2. The average Bonchev–Trinajstić information content (AvgIpc) is 3.18. The van der Waals surface area contributed by atoms with Gasteiger partial charge in [0.1, 0.15) is 5.75 Å². The van der Waals surface area contributed by atoms with E-state index in [1.807, 2.05) is 75.4 Å². The van der Waals surface area contributed by atoms with Crippen LogP contribution in [0.3, 0.4) is 0 Å². The van der Waals surface area contributed by atoms with Crippen molar-refractivity contribution in [3.8, 4) is 5.75 Å². The lowest BCUT2D eigenvalue weighted by molar-refractivity contribution is 0.0987. The van der Waals surface area contributed by atoms with Gasteiger partial charge in [-0.15, -0.1) is 0 Å². The lowest BCUT2D eigenvalue weighted by atomic mass is 10.1. The normalized spacial score (nSPS) is 11.2. The van der Waals surface area contributed by atoms with Gasteiger partial charge in [0.2, 0.25) is 5.13 Å². The molecular weight excluding hydrogens is 406 g/mol. The second-order valence-corrected chi connectivity index (χ2v) is 8.41. The van der Waals surface area contributed by atoms with Crippen LogP contribution in [0.2, 0.25) is 0 Å². The van der Waals surface area contributed by atoms with Gasteiger partial charge in [-0.25, -0.2) is 4.98 Å². The molecule has 31 heavy (non-hydrogen) atoms. The number of anilines is 1. The first kappa shape index (κ1) is 20.8. The zero-order chi connectivity index (χ0) is 22.0. The van der Waals surface area contributed by atoms with Crippen LogP contribution in [0.5, 0.6) is 5.75 Å². The number of hydrazone groups is 1. The maximum atomic E-state index is 13.4. The summed E-state index contributed by atoms with van der Waals surface area (Å²) in [6.45, 7) is 6.06. The molecule has 4 aromatic rings. The van der Waals surface area contributed by atoms with Crippen molar-refractivity contribution in [3.05, 3.63) is 88.5 Å². The van der Waals surface area contributed by atoms with E-state index in [2.05, 4.69) is 16.2 Å². The molecule has 0 radical (unpaired) electrons. The van der Waals surface area contributed by atoms with Gasteiger partial charge < -0.3 is 4.74 Å². The standard InChI is InChI=1S/C25H23N3O2S/c1-16-5-12-22-23(13-16)31-25(27-22)28(24(29)20-9-6-17(2)18(3)14-20)26-15-19-7-10-21(30-4)11-8-19/h5-15H,1-4H3/b26-15+. The van der Waals surface area contributed by atoms with E-state index in [1.54, 1.807) is 13.3 Å². The summed E-state index contributed by atoms with van der Waals surface area (Å²) in [5.41, 5.74) is 5.63. The molecule has 0 saturated heterocycles. The fourth-order valence-electron chi connectivity index (χ4n) is 3.11. The molecular formula is C25H23N3O2S. The molecule has 0 atom stereocenters. The summed E-state index contributed by atoms with van der Waals surface area (Å²) in [6.07, 6.45) is 1.66. The number of amides is 1. The number of hydrogen-bond donors (Lipinski definition) is 0. The van der Waals surface area contributed by atoms with Gasteiger partial charge in [-0.05, 0) is 91.6 Å². The average molecular weight is 430 g/mol. The van der Waals surface area contributed by atoms with E-state index in [1.165, 1.54) is 16.3 Å². The lowest BCUT2D eigenvalue weighted by Gasteiger charge is -2.14. The monoisotopic (exact) mass is 429 g/mol. The SMILES string of the molecule is COc1ccc(/C=N/N(C(=O)c2ccc(C)c(C)c2)c2nc3ccc(C)cc3s2)cc1. The highest BCUT2D eigenvalue weighted by Crippen LogP contribution is 2.31. The quantitative estimate of drug-likeness (QED) is 0.293. The van der Waals surface area contributed by atoms with Gasteiger partial charge in [0.05, 0.1) is 23.5 Å². The van der Waals surface area contributed by atoms with Gasteiger partial charge in [0.25, 0.3) is 5.91 Å². The van der Waals surface area contributed by atoms with Crippen molar-refractivity contribution in [3.63, 3.8) is 0 Å². The zero-order valence-corrected chi connectivity index (χ0v) is 18.7. The molecule has 0 N–H and O–H groups in total.